The molecule has 0 bridgehead atoms. The summed E-state index contributed by atoms with van der Waals surface area (Å²) in [7, 11) is -3.45. The van der Waals surface area contributed by atoms with Crippen molar-refractivity contribution in [2.75, 3.05) is 13.2 Å². The van der Waals surface area contributed by atoms with Gasteiger partial charge in [0.05, 0.1) is 6.61 Å². The first-order valence-electron chi connectivity index (χ1n) is 6.76. The summed E-state index contributed by atoms with van der Waals surface area (Å²) in [6.07, 6.45) is 0. The highest BCUT2D eigenvalue weighted by Gasteiger charge is 2.19. The summed E-state index contributed by atoms with van der Waals surface area (Å²) in [6.45, 7) is 9.43. The summed E-state index contributed by atoms with van der Waals surface area (Å²) in [4.78, 5) is 0. The molecule has 0 aliphatic carbocycles. The fourth-order valence-corrected chi connectivity index (χ4v) is 4.01. The SMILES string of the molecule is CCOCC(C)NS(=O)(=O)c1cc(CNC(C)C)cs1. The molecule has 0 aromatic carbocycles. The molecule has 1 heterocycles. The van der Waals surface area contributed by atoms with Crippen LogP contribution in [0.5, 0.6) is 0 Å². The molecule has 0 saturated heterocycles. The Hall–Kier alpha value is -0.470. The van der Waals surface area contributed by atoms with Crippen LogP contribution in [0.4, 0.5) is 0 Å². The Labute approximate surface area is 125 Å². The number of sulfonamides is 1. The molecular formula is C13H24N2O3S2. The van der Waals surface area contributed by atoms with Crippen LogP contribution in [0, 0.1) is 0 Å². The molecule has 1 aromatic heterocycles. The summed E-state index contributed by atoms with van der Waals surface area (Å²) < 4.78 is 32.5. The molecule has 1 unspecified atom stereocenters. The molecule has 116 valence electrons. The van der Waals surface area contributed by atoms with Crippen LogP contribution in [0.3, 0.4) is 0 Å². The number of hydrogen-bond donors (Lipinski definition) is 2. The average Bonchev–Trinajstić information content (AvgIpc) is 2.83. The van der Waals surface area contributed by atoms with Gasteiger partial charge in [-0.15, -0.1) is 11.3 Å². The number of ether oxygens (including phenoxy) is 1. The Kier molecular flexibility index (Phi) is 7.11. The van der Waals surface area contributed by atoms with Gasteiger partial charge in [-0.25, -0.2) is 13.1 Å². The summed E-state index contributed by atoms with van der Waals surface area (Å²) in [5, 5.41) is 5.14. The zero-order valence-corrected chi connectivity index (χ0v) is 14.1. The molecule has 0 fully saturated rings. The number of rotatable bonds is 9. The molecule has 1 aromatic rings. The first-order valence-corrected chi connectivity index (χ1v) is 9.12. The molecule has 7 heteroatoms. The van der Waals surface area contributed by atoms with Crippen LogP contribution in [-0.2, 0) is 21.3 Å². The number of nitrogens with one attached hydrogen (secondary N) is 2. The van der Waals surface area contributed by atoms with Gasteiger partial charge in [-0.2, -0.15) is 0 Å². The molecule has 0 amide bonds. The van der Waals surface area contributed by atoms with Crippen LogP contribution < -0.4 is 10.0 Å². The van der Waals surface area contributed by atoms with E-state index in [0.717, 1.165) is 5.56 Å². The van der Waals surface area contributed by atoms with E-state index >= 15 is 0 Å². The van der Waals surface area contributed by atoms with Crippen LogP contribution in [0.15, 0.2) is 15.7 Å². The van der Waals surface area contributed by atoms with Crippen molar-refractivity contribution in [2.45, 2.75) is 50.5 Å². The van der Waals surface area contributed by atoms with Gasteiger partial charge in [-0.3, -0.25) is 0 Å². The van der Waals surface area contributed by atoms with Gasteiger partial charge in [0.1, 0.15) is 4.21 Å². The van der Waals surface area contributed by atoms with Gasteiger partial charge in [0.25, 0.3) is 0 Å². The Morgan fingerprint density at radius 3 is 2.65 bits per heavy atom. The van der Waals surface area contributed by atoms with Crippen LogP contribution in [0.2, 0.25) is 0 Å². The average molecular weight is 320 g/mol. The fraction of sp³-hybridized carbons (Fsp3) is 0.692. The molecule has 20 heavy (non-hydrogen) atoms. The highest BCUT2D eigenvalue weighted by molar-refractivity contribution is 7.91. The van der Waals surface area contributed by atoms with Gasteiger partial charge >= 0.3 is 0 Å². The zero-order valence-electron chi connectivity index (χ0n) is 12.5. The Balaban J connectivity index is 2.63. The van der Waals surface area contributed by atoms with Crippen molar-refractivity contribution < 1.29 is 13.2 Å². The Morgan fingerprint density at radius 2 is 2.05 bits per heavy atom. The monoisotopic (exact) mass is 320 g/mol. The first kappa shape index (κ1) is 17.6. The lowest BCUT2D eigenvalue weighted by Gasteiger charge is -2.12. The lowest BCUT2D eigenvalue weighted by molar-refractivity contribution is 0.133. The van der Waals surface area contributed by atoms with Crippen molar-refractivity contribution >= 4 is 21.4 Å². The van der Waals surface area contributed by atoms with Crippen molar-refractivity contribution in [1.82, 2.24) is 10.0 Å². The van der Waals surface area contributed by atoms with E-state index < -0.39 is 10.0 Å². The van der Waals surface area contributed by atoms with Gasteiger partial charge in [-0.05, 0) is 30.9 Å². The lowest BCUT2D eigenvalue weighted by Crippen LogP contribution is -2.35. The molecule has 1 rings (SSSR count). The minimum Gasteiger partial charge on any atom is -0.380 e. The summed E-state index contributed by atoms with van der Waals surface area (Å²) >= 11 is 1.24. The first-order chi connectivity index (χ1) is 9.35. The molecule has 0 radical (unpaired) electrons. The summed E-state index contributed by atoms with van der Waals surface area (Å²) in [5.41, 5.74) is 0.988. The van der Waals surface area contributed by atoms with Crippen molar-refractivity contribution in [3.05, 3.63) is 17.0 Å². The van der Waals surface area contributed by atoms with E-state index in [-0.39, 0.29) is 6.04 Å². The van der Waals surface area contributed by atoms with Crippen LogP contribution >= 0.6 is 11.3 Å². The van der Waals surface area contributed by atoms with E-state index in [1.165, 1.54) is 11.3 Å². The van der Waals surface area contributed by atoms with Gasteiger partial charge in [0.15, 0.2) is 0 Å². The predicted octanol–water partition coefficient (Wildman–Crippen LogP) is 1.95. The van der Waals surface area contributed by atoms with E-state index in [2.05, 4.69) is 23.9 Å². The van der Waals surface area contributed by atoms with Crippen molar-refractivity contribution in [1.29, 1.82) is 0 Å². The van der Waals surface area contributed by atoms with E-state index in [1.807, 2.05) is 12.3 Å². The molecule has 0 saturated carbocycles. The van der Waals surface area contributed by atoms with Crippen LogP contribution in [0.25, 0.3) is 0 Å². The molecular weight excluding hydrogens is 296 g/mol. The Bertz CT molecular complexity index is 497. The van der Waals surface area contributed by atoms with E-state index in [4.69, 9.17) is 4.74 Å². The standard InChI is InChI=1S/C13H24N2O3S2/c1-5-18-8-11(4)15-20(16,17)13-6-12(9-19-13)7-14-10(2)3/h6,9-11,14-15H,5,7-8H2,1-4H3. The molecule has 0 spiro atoms. The van der Waals surface area contributed by atoms with Gasteiger partial charge in [0, 0.05) is 25.2 Å². The third kappa shape index (κ3) is 5.88. The topological polar surface area (TPSA) is 67.4 Å². The zero-order chi connectivity index (χ0) is 15.2. The second-order valence-electron chi connectivity index (χ2n) is 4.99. The molecule has 5 nitrogen and oxygen atoms in total. The maximum absolute atomic E-state index is 12.2. The van der Waals surface area contributed by atoms with E-state index in [1.54, 1.807) is 13.0 Å². The largest absolute Gasteiger partial charge is 0.380 e. The molecule has 2 N–H and O–H groups in total. The minimum atomic E-state index is -3.45. The predicted molar refractivity (Wildman–Crippen MR) is 82.6 cm³/mol. The van der Waals surface area contributed by atoms with Gasteiger partial charge in [0.2, 0.25) is 10.0 Å². The molecule has 0 aliphatic heterocycles. The molecule has 1 atom stereocenters. The molecule has 0 aliphatic rings. The highest BCUT2D eigenvalue weighted by atomic mass is 32.2. The maximum atomic E-state index is 12.2. The van der Waals surface area contributed by atoms with Crippen LogP contribution in [-0.4, -0.2) is 33.7 Å². The quantitative estimate of drug-likeness (QED) is 0.730. The number of hydrogen-bond acceptors (Lipinski definition) is 5. The normalized spacial score (nSPS) is 13.8. The van der Waals surface area contributed by atoms with Crippen molar-refractivity contribution in [3.63, 3.8) is 0 Å². The minimum absolute atomic E-state index is 0.237. The maximum Gasteiger partial charge on any atom is 0.250 e. The highest BCUT2D eigenvalue weighted by Crippen LogP contribution is 2.20. The smallest absolute Gasteiger partial charge is 0.250 e. The van der Waals surface area contributed by atoms with E-state index in [0.29, 0.717) is 30.0 Å². The third-order valence-electron chi connectivity index (χ3n) is 2.54. The number of thiophene rings is 1. The fourth-order valence-electron chi connectivity index (χ4n) is 1.56. The van der Waals surface area contributed by atoms with Crippen molar-refractivity contribution in [2.24, 2.45) is 0 Å². The third-order valence-corrected chi connectivity index (χ3v) is 5.62. The Morgan fingerprint density at radius 1 is 1.35 bits per heavy atom. The summed E-state index contributed by atoms with van der Waals surface area (Å²) in [6, 6.07) is 1.86. The van der Waals surface area contributed by atoms with Gasteiger partial charge in [-0.1, -0.05) is 13.8 Å². The van der Waals surface area contributed by atoms with E-state index in [9.17, 15) is 8.42 Å². The van der Waals surface area contributed by atoms with Gasteiger partial charge < -0.3 is 10.1 Å². The summed E-state index contributed by atoms with van der Waals surface area (Å²) in [5.74, 6) is 0. The lowest BCUT2D eigenvalue weighted by atomic mass is 10.3. The van der Waals surface area contributed by atoms with Crippen LogP contribution in [0.1, 0.15) is 33.3 Å². The second-order valence-corrected chi connectivity index (χ2v) is 7.84. The van der Waals surface area contributed by atoms with Crippen molar-refractivity contribution in [3.8, 4) is 0 Å². The second kappa shape index (κ2) is 8.09.